The maximum absolute atomic E-state index is 13.1. The molecule has 1 atom stereocenters. The fourth-order valence-corrected chi connectivity index (χ4v) is 4.36. The first kappa shape index (κ1) is 21.0. The van der Waals surface area contributed by atoms with Crippen molar-refractivity contribution >= 4 is 11.7 Å². The number of rotatable bonds is 7. The molecule has 154 valence electrons. The molecule has 1 heterocycles. The van der Waals surface area contributed by atoms with E-state index >= 15 is 0 Å². The third kappa shape index (κ3) is 4.48. The van der Waals surface area contributed by atoms with Crippen molar-refractivity contribution in [1.82, 2.24) is 4.90 Å². The monoisotopic (exact) mass is 396 g/mol. The molecule has 1 aliphatic rings. The number of carbonyl (C=O) groups is 1. The molecule has 0 amide bonds. The molecule has 3 rings (SSSR count). The minimum Gasteiger partial charge on any atom is -0.466 e. The fourth-order valence-electron chi connectivity index (χ4n) is 4.36. The number of hydrogen-bond donors (Lipinski definition) is 0. The van der Waals surface area contributed by atoms with Crippen LogP contribution in [-0.2, 0) is 16.1 Å². The molecule has 6 heteroatoms. The van der Waals surface area contributed by atoms with Crippen molar-refractivity contribution in [2.24, 2.45) is 5.41 Å². The molecule has 0 saturated carbocycles. The summed E-state index contributed by atoms with van der Waals surface area (Å²) in [5.74, 6) is -0.549. The molecule has 2 aromatic rings. The molecule has 0 aromatic heterocycles. The highest BCUT2D eigenvalue weighted by Gasteiger charge is 2.48. The predicted molar refractivity (Wildman–Crippen MR) is 112 cm³/mol. The topological polar surface area (TPSA) is 72.7 Å². The Hall–Kier alpha value is -2.73. The average Bonchev–Trinajstić information content (AvgIpc) is 2.75. The molecule has 29 heavy (non-hydrogen) atoms. The van der Waals surface area contributed by atoms with Gasteiger partial charge in [-0.25, -0.2) is 0 Å². The van der Waals surface area contributed by atoms with Gasteiger partial charge in [-0.15, -0.1) is 0 Å². The number of ether oxygens (including phenoxy) is 1. The van der Waals surface area contributed by atoms with Crippen molar-refractivity contribution < 1.29 is 14.5 Å². The van der Waals surface area contributed by atoms with Crippen molar-refractivity contribution in [3.63, 3.8) is 0 Å². The number of nitro benzene ring substituents is 1. The summed E-state index contributed by atoms with van der Waals surface area (Å²) in [5, 5.41) is 11.5. The van der Waals surface area contributed by atoms with E-state index in [0.29, 0.717) is 25.0 Å². The quantitative estimate of drug-likeness (QED) is 0.390. The van der Waals surface area contributed by atoms with E-state index in [1.807, 2.05) is 25.1 Å². The van der Waals surface area contributed by atoms with Crippen LogP contribution in [-0.4, -0.2) is 35.5 Å². The number of para-hydroxylation sites is 1. The van der Waals surface area contributed by atoms with Gasteiger partial charge in [0.2, 0.25) is 0 Å². The van der Waals surface area contributed by atoms with Gasteiger partial charge >= 0.3 is 5.97 Å². The Morgan fingerprint density at radius 3 is 2.38 bits per heavy atom. The minimum absolute atomic E-state index is 0.0652. The standard InChI is InChI=1S/C23H28N2O4/c1-3-29-22(26)23(18(2)20-11-7-8-12-21(20)25(27)28)13-15-24(16-14-23)17-19-9-5-4-6-10-19/h4-12,18H,3,13-17H2,1-2H3. The maximum atomic E-state index is 13.1. The van der Waals surface area contributed by atoms with Crippen LogP contribution in [0.2, 0.25) is 0 Å². The van der Waals surface area contributed by atoms with Crippen LogP contribution >= 0.6 is 0 Å². The minimum atomic E-state index is -0.755. The molecule has 0 radical (unpaired) electrons. The van der Waals surface area contributed by atoms with Gasteiger partial charge in [0.1, 0.15) is 0 Å². The first-order chi connectivity index (χ1) is 14.0. The van der Waals surface area contributed by atoms with Crippen LogP contribution in [0.1, 0.15) is 43.7 Å². The second-order valence-electron chi connectivity index (χ2n) is 7.68. The summed E-state index contributed by atoms with van der Waals surface area (Å²) in [6.45, 7) is 6.35. The Kier molecular flexibility index (Phi) is 6.64. The summed E-state index contributed by atoms with van der Waals surface area (Å²) in [4.78, 5) is 26.6. The van der Waals surface area contributed by atoms with Crippen LogP contribution in [0.25, 0.3) is 0 Å². The Labute approximate surface area is 171 Å². The van der Waals surface area contributed by atoms with Crippen molar-refractivity contribution in [2.45, 2.75) is 39.2 Å². The summed E-state index contributed by atoms with van der Waals surface area (Å²) < 4.78 is 5.45. The summed E-state index contributed by atoms with van der Waals surface area (Å²) in [5.41, 5.74) is 1.15. The second kappa shape index (κ2) is 9.18. The highest BCUT2D eigenvalue weighted by Crippen LogP contribution is 2.47. The normalized spacial score (nSPS) is 17.4. The summed E-state index contributed by atoms with van der Waals surface area (Å²) >= 11 is 0. The molecule has 0 spiro atoms. The van der Waals surface area contributed by atoms with Crippen LogP contribution in [0.15, 0.2) is 54.6 Å². The van der Waals surface area contributed by atoms with E-state index < -0.39 is 5.41 Å². The van der Waals surface area contributed by atoms with Crippen LogP contribution in [0.3, 0.4) is 0 Å². The first-order valence-electron chi connectivity index (χ1n) is 10.1. The second-order valence-corrected chi connectivity index (χ2v) is 7.68. The lowest BCUT2D eigenvalue weighted by Gasteiger charge is -2.43. The molecular weight excluding hydrogens is 368 g/mol. The smallest absolute Gasteiger partial charge is 0.312 e. The van der Waals surface area contributed by atoms with E-state index in [1.54, 1.807) is 25.1 Å². The highest BCUT2D eigenvalue weighted by atomic mass is 16.6. The largest absolute Gasteiger partial charge is 0.466 e. The lowest BCUT2D eigenvalue weighted by atomic mass is 9.66. The van der Waals surface area contributed by atoms with Gasteiger partial charge in [0.05, 0.1) is 16.9 Å². The van der Waals surface area contributed by atoms with Crippen LogP contribution in [0.5, 0.6) is 0 Å². The maximum Gasteiger partial charge on any atom is 0.312 e. The number of nitro groups is 1. The zero-order valence-electron chi connectivity index (χ0n) is 17.0. The van der Waals surface area contributed by atoms with E-state index in [1.165, 1.54) is 11.6 Å². The lowest BCUT2D eigenvalue weighted by molar-refractivity contribution is -0.385. The molecule has 2 aromatic carbocycles. The summed E-state index contributed by atoms with van der Waals surface area (Å²) in [7, 11) is 0. The van der Waals surface area contributed by atoms with Crippen LogP contribution in [0.4, 0.5) is 5.69 Å². The number of likely N-dealkylation sites (tertiary alicyclic amines) is 1. The van der Waals surface area contributed by atoms with E-state index in [2.05, 4.69) is 17.0 Å². The van der Waals surface area contributed by atoms with Gasteiger partial charge < -0.3 is 4.74 Å². The zero-order valence-corrected chi connectivity index (χ0v) is 17.0. The molecule has 6 nitrogen and oxygen atoms in total. The van der Waals surface area contributed by atoms with E-state index in [9.17, 15) is 14.9 Å². The van der Waals surface area contributed by atoms with Gasteiger partial charge in [-0.1, -0.05) is 55.5 Å². The van der Waals surface area contributed by atoms with Gasteiger partial charge in [-0.3, -0.25) is 19.8 Å². The summed E-state index contributed by atoms with van der Waals surface area (Å²) in [6, 6.07) is 17.0. The third-order valence-corrected chi connectivity index (χ3v) is 6.11. The number of carbonyl (C=O) groups excluding carboxylic acids is 1. The Morgan fingerprint density at radius 1 is 1.14 bits per heavy atom. The van der Waals surface area contributed by atoms with Crippen molar-refractivity contribution in [1.29, 1.82) is 0 Å². The number of nitrogens with zero attached hydrogens (tertiary/aromatic N) is 2. The van der Waals surface area contributed by atoms with Crippen molar-refractivity contribution in [2.75, 3.05) is 19.7 Å². The van der Waals surface area contributed by atoms with Gasteiger partial charge in [0, 0.05) is 24.1 Å². The fraction of sp³-hybridized carbons (Fsp3) is 0.435. The molecule has 1 fully saturated rings. The SMILES string of the molecule is CCOC(=O)C1(C(C)c2ccccc2[N+](=O)[O-])CCN(Cc2ccccc2)CC1. The predicted octanol–water partition coefficient (Wildman–Crippen LogP) is 4.54. The first-order valence-corrected chi connectivity index (χ1v) is 10.1. The number of benzene rings is 2. The molecule has 0 bridgehead atoms. The average molecular weight is 396 g/mol. The van der Waals surface area contributed by atoms with Crippen LogP contribution < -0.4 is 0 Å². The summed E-state index contributed by atoms with van der Waals surface area (Å²) in [6.07, 6.45) is 1.23. The molecule has 0 aliphatic carbocycles. The molecule has 1 aliphatic heterocycles. The number of hydrogen-bond acceptors (Lipinski definition) is 5. The molecule has 1 saturated heterocycles. The number of esters is 1. The van der Waals surface area contributed by atoms with E-state index in [4.69, 9.17) is 4.74 Å². The molecule has 0 N–H and O–H groups in total. The van der Waals surface area contributed by atoms with Gasteiger partial charge in [0.15, 0.2) is 0 Å². The Balaban J connectivity index is 1.84. The van der Waals surface area contributed by atoms with Gasteiger partial charge in [-0.05, 0) is 38.4 Å². The Morgan fingerprint density at radius 2 is 1.76 bits per heavy atom. The number of piperidine rings is 1. The van der Waals surface area contributed by atoms with E-state index in [0.717, 1.165) is 19.6 Å². The highest BCUT2D eigenvalue weighted by molar-refractivity contribution is 5.79. The van der Waals surface area contributed by atoms with Crippen molar-refractivity contribution in [3.05, 3.63) is 75.8 Å². The van der Waals surface area contributed by atoms with Gasteiger partial charge in [0.25, 0.3) is 5.69 Å². The third-order valence-electron chi connectivity index (χ3n) is 6.11. The van der Waals surface area contributed by atoms with Gasteiger partial charge in [-0.2, -0.15) is 0 Å². The van der Waals surface area contributed by atoms with Crippen molar-refractivity contribution in [3.8, 4) is 0 Å². The zero-order chi connectivity index (χ0) is 20.9. The Bertz CT molecular complexity index is 845. The van der Waals surface area contributed by atoms with Crippen LogP contribution in [0, 0.1) is 15.5 Å². The molecule has 1 unspecified atom stereocenters. The molecular formula is C23H28N2O4. The van der Waals surface area contributed by atoms with E-state index in [-0.39, 0.29) is 22.5 Å². The lowest BCUT2D eigenvalue weighted by Crippen LogP contribution is -2.47.